The van der Waals surface area contributed by atoms with Crippen molar-refractivity contribution < 1.29 is 31.0 Å². The molecule has 0 heterocycles. The van der Waals surface area contributed by atoms with E-state index >= 15 is 0 Å². The van der Waals surface area contributed by atoms with E-state index < -0.39 is 13.2 Å². The molecule has 0 radical (unpaired) electrons. The summed E-state index contributed by atoms with van der Waals surface area (Å²) < 4.78 is 9.33. The lowest BCUT2D eigenvalue weighted by Gasteiger charge is -2.23. The van der Waals surface area contributed by atoms with Crippen LogP contribution in [0.25, 0.3) is 0 Å². The Morgan fingerprint density at radius 2 is 2.00 bits per heavy atom. The van der Waals surface area contributed by atoms with Crippen LogP contribution in [0.4, 0.5) is 4.79 Å². The first kappa shape index (κ1) is 16.0. The lowest BCUT2D eigenvalue weighted by molar-refractivity contribution is -0.627. The molecule has 0 aliphatic rings. The minimum absolute atomic E-state index is 0. The van der Waals surface area contributed by atoms with Crippen LogP contribution in [-0.4, -0.2) is 31.0 Å². The Morgan fingerprint density at radius 1 is 1.57 bits per heavy atom. The highest BCUT2D eigenvalue weighted by Gasteiger charge is 1.94. The van der Waals surface area contributed by atoms with Gasteiger partial charge in [0, 0.05) is 14.2 Å². The Hall–Kier alpha value is -0.460. The maximum absolute atomic E-state index is 9.35. The average Bonchev–Trinajstić information content (AvgIpc) is 2.05. The van der Waals surface area contributed by atoms with Crippen molar-refractivity contribution >= 4 is 13.2 Å². The number of carbonyl (C=O) groups excluding carboxylic acids is 1. The number of primary amides is 1. The maximum Gasteiger partial charge on any atom is 1.00 e. The van der Waals surface area contributed by atoms with Gasteiger partial charge in [-0.3, -0.25) is 4.79 Å². The second-order valence-corrected chi connectivity index (χ2v) is 3.90. The molecular formula is C6H17N2O5P. The molecule has 5 N–H and O–H groups in total. The predicted octanol–water partition coefficient (Wildman–Crippen LogP) is -2.96. The van der Waals surface area contributed by atoms with Crippen LogP contribution in [0.15, 0.2) is 0 Å². The molecule has 7 nitrogen and oxygen atoms in total. The van der Waals surface area contributed by atoms with E-state index in [1.807, 2.05) is 7.05 Å². The van der Waals surface area contributed by atoms with Crippen molar-refractivity contribution in [3.8, 4) is 0 Å². The number of nitrogens with two attached hydrogens (primary N) is 2. The molecule has 0 atom stereocenters. The number of unbranched alkanes of at least 4 members (excludes halogenated alkanes) is 1. The van der Waals surface area contributed by atoms with Gasteiger partial charge in [-0.25, -0.2) is 0 Å². The van der Waals surface area contributed by atoms with E-state index in [1.165, 1.54) is 0 Å². The second kappa shape index (κ2) is 9.11. The molecule has 0 aliphatic carbocycles. The molecule has 0 saturated heterocycles. The molecule has 0 bridgehead atoms. The fourth-order valence-electron chi connectivity index (χ4n) is 0.460. The van der Waals surface area contributed by atoms with E-state index in [1.54, 1.807) is 0 Å². The van der Waals surface area contributed by atoms with Crippen molar-refractivity contribution in [2.75, 3.05) is 20.2 Å². The Labute approximate surface area is 84.0 Å². The zero-order valence-electron chi connectivity index (χ0n) is 9.01. The molecule has 0 saturated carbocycles. The number of carbonyl (C=O) groups is 1. The Morgan fingerprint density at radius 3 is 2.21 bits per heavy atom. The molecule has 0 spiro atoms. The van der Waals surface area contributed by atoms with Crippen LogP contribution in [0.2, 0.25) is 0 Å². The predicted molar refractivity (Wildman–Crippen MR) is 47.3 cm³/mol. The van der Waals surface area contributed by atoms with Gasteiger partial charge in [0.15, 0.2) is 0 Å². The smallest absolute Gasteiger partial charge is 0.804 e. The van der Waals surface area contributed by atoms with Crippen LogP contribution in [0.3, 0.4) is 0 Å². The van der Waals surface area contributed by atoms with Crippen LogP contribution in [-0.2, 0) is 4.57 Å². The van der Waals surface area contributed by atoms with Gasteiger partial charge < -0.3 is 30.5 Å². The van der Waals surface area contributed by atoms with E-state index in [4.69, 9.17) is 5.11 Å². The largest absolute Gasteiger partial charge is 1.00 e. The zero-order chi connectivity index (χ0) is 11.6. The third-order valence-corrected chi connectivity index (χ3v) is 1.71. The first-order chi connectivity index (χ1) is 6.36. The van der Waals surface area contributed by atoms with Gasteiger partial charge in [-0.05, 0) is 12.8 Å². The van der Waals surface area contributed by atoms with Crippen LogP contribution >= 0.6 is 7.60 Å². The monoisotopic (exact) mass is 228 g/mol. The maximum atomic E-state index is 9.35. The molecule has 14 heavy (non-hydrogen) atoms. The van der Waals surface area contributed by atoms with Gasteiger partial charge in [0.05, 0.1) is 13.6 Å². The van der Waals surface area contributed by atoms with E-state index in [0.717, 1.165) is 19.4 Å². The molecule has 0 fully saturated rings. The summed E-state index contributed by atoms with van der Waals surface area (Å²) >= 11 is 0. The van der Waals surface area contributed by atoms with Crippen molar-refractivity contribution in [2.45, 2.75) is 12.8 Å². The van der Waals surface area contributed by atoms with Crippen LogP contribution < -0.4 is 20.8 Å². The van der Waals surface area contributed by atoms with Gasteiger partial charge in [-0.1, -0.05) is 0 Å². The topological polar surface area (TPSA) is 143 Å². The zero-order valence-corrected chi connectivity index (χ0v) is 8.90. The van der Waals surface area contributed by atoms with Gasteiger partial charge in [-0.15, -0.1) is 0 Å². The van der Waals surface area contributed by atoms with E-state index in [0.29, 0.717) is 6.61 Å². The highest BCUT2D eigenvalue weighted by molar-refractivity contribution is 7.67. The van der Waals surface area contributed by atoms with E-state index in [2.05, 4.69) is 11.1 Å². The molecule has 0 rings (SSSR count). The van der Waals surface area contributed by atoms with E-state index in [9.17, 15) is 19.1 Å². The SMILES string of the molecule is C[NH2+]CCCCO.NC(=O)P(=O)([O-])[O-].[H+]. The molecule has 0 unspecified atom stereocenters. The number of aliphatic hydroxyl groups excluding tert-OH is 1. The minimum Gasteiger partial charge on any atom is -0.804 e. The molecule has 0 aromatic rings. The highest BCUT2D eigenvalue weighted by atomic mass is 31.2. The fraction of sp³-hybridized carbons (Fsp3) is 0.833. The third-order valence-electron chi connectivity index (χ3n) is 1.17. The summed E-state index contributed by atoms with van der Waals surface area (Å²) in [5.41, 5.74) is 2.23. The fourth-order valence-corrected chi connectivity index (χ4v) is 0.460. The van der Waals surface area contributed by atoms with Gasteiger partial charge in [0.2, 0.25) is 5.65 Å². The number of rotatable bonds is 5. The molecule has 86 valence electrons. The Kier molecular flexibility index (Phi) is 10.4. The van der Waals surface area contributed by atoms with Crippen molar-refractivity contribution in [1.29, 1.82) is 0 Å². The Bertz CT molecular complexity index is 194. The van der Waals surface area contributed by atoms with Crippen LogP contribution in [0, 0.1) is 0 Å². The average molecular weight is 228 g/mol. The minimum atomic E-state index is -5.10. The van der Waals surface area contributed by atoms with Gasteiger partial charge >= 0.3 is 1.43 Å². The van der Waals surface area contributed by atoms with E-state index in [-0.39, 0.29) is 1.43 Å². The molecular weight excluding hydrogens is 211 g/mol. The summed E-state index contributed by atoms with van der Waals surface area (Å²) in [4.78, 5) is 28.0. The Balaban J connectivity index is -0.000000180. The normalized spacial score (nSPS) is 10.3. The second-order valence-electron chi connectivity index (χ2n) is 2.46. The first-order valence-electron chi connectivity index (χ1n) is 4.07. The van der Waals surface area contributed by atoms with Gasteiger partial charge in [0.1, 0.15) is 0 Å². The van der Waals surface area contributed by atoms with Crippen molar-refractivity contribution in [1.82, 2.24) is 0 Å². The number of quaternary nitrogens is 1. The van der Waals surface area contributed by atoms with Gasteiger partial charge in [0.25, 0.3) is 0 Å². The molecule has 0 aromatic heterocycles. The molecule has 1 amide bonds. The lowest BCUT2D eigenvalue weighted by atomic mass is 10.3. The van der Waals surface area contributed by atoms with Crippen molar-refractivity contribution in [3.05, 3.63) is 0 Å². The summed E-state index contributed by atoms with van der Waals surface area (Å²) in [5.74, 6) is 0. The van der Waals surface area contributed by atoms with Crippen molar-refractivity contribution in [3.63, 3.8) is 0 Å². The standard InChI is InChI=1S/C5H13NO.CH4NO4P/c1-6-4-2-3-5-7;2-1(3)7(4,5)6/h6-7H,2-5H2,1H3;(H2,2,3)(H2,4,5,6). The van der Waals surface area contributed by atoms with Crippen molar-refractivity contribution in [2.24, 2.45) is 5.73 Å². The van der Waals surface area contributed by atoms with Gasteiger partial charge in [-0.2, -0.15) is 0 Å². The van der Waals surface area contributed by atoms with Crippen LogP contribution in [0.1, 0.15) is 14.3 Å². The number of aliphatic hydroxyl groups is 1. The highest BCUT2D eigenvalue weighted by Crippen LogP contribution is 2.20. The lowest BCUT2D eigenvalue weighted by Crippen LogP contribution is -2.79. The molecule has 0 aliphatic heterocycles. The summed E-state index contributed by atoms with van der Waals surface area (Å²) in [6.45, 7) is 1.48. The number of hydrogen-bond donors (Lipinski definition) is 3. The first-order valence-corrected chi connectivity index (χ1v) is 5.61. The molecule has 8 heteroatoms. The molecule has 0 aromatic carbocycles. The number of amides is 1. The number of hydrogen-bond acceptors (Lipinski definition) is 5. The summed E-state index contributed by atoms with van der Waals surface area (Å²) in [6.07, 6.45) is 2.08. The van der Waals surface area contributed by atoms with Crippen LogP contribution in [0.5, 0.6) is 0 Å². The summed E-state index contributed by atoms with van der Waals surface area (Å²) in [7, 11) is -3.06. The third kappa shape index (κ3) is 14.1. The summed E-state index contributed by atoms with van der Waals surface area (Å²) in [5, 5.41) is 10.4. The quantitative estimate of drug-likeness (QED) is 0.340. The summed E-state index contributed by atoms with van der Waals surface area (Å²) in [6, 6.07) is 0.